The van der Waals surface area contributed by atoms with Crippen LogP contribution >= 0.6 is 23.4 Å². The number of fused-ring (bicyclic) bond motifs is 3. The van der Waals surface area contributed by atoms with E-state index in [1.807, 2.05) is 50.4 Å². The summed E-state index contributed by atoms with van der Waals surface area (Å²) < 4.78 is 11.9. The van der Waals surface area contributed by atoms with E-state index in [0.717, 1.165) is 16.4 Å². The van der Waals surface area contributed by atoms with Crippen LogP contribution in [0.15, 0.2) is 40.8 Å². The third-order valence-corrected chi connectivity index (χ3v) is 4.93. The Kier molecular flexibility index (Phi) is 5.59. The summed E-state index contributed by atoms with van der Waals surface area (Å²) in [5.41, 5.74) is 0.0419. The van der Waals surface area contributed by atoms with Crippen LogP contribution in [-0.2, 0) is 4.79 Å². The number of amides is 1. The molecule has 0 fully saturated rings. The SMILES string of the molecule is CC#CC(C)(C)NC(=O)C(Oc1cccc2oc3ccc(Cl)cc3c12)SC. The predicted molar refractivity (Wildman–Crippen MR) is 112 cm³/mol. The van der Waals surface area contributed by atoms with E-state index < -0.39 is 11.0 Å². The highest BCUT2D eigenvalue weighted by atomic mass is 35.5. The molecule has 6 heteroatoms. The number of halogens is 1. The first-order chi connectivity index (χ1) is 12.8. The third kappa shape index (κ3) is 4.18. The second-order valence-electron chi connectivity index (χ2n) is 6.55. The summed E-state index contributed by atoms with van der Waals surface area (Å²) in [6.45, 7) is 5.45. The first kappa shape index (κ1) is 19.5. The summed E-state index contributed by atoms with van der Waals surface area (Å²) in [5, 5.41) is 5.18. The van der Waals surface area contributed by atoms with E-state index in [1.165, 1.54) is 11.8 Å². The van der Waals surface area contributed by atoms with Gasteiger partial charge in [0.25, 0.3) is 5.91 Å². The Morgan fingerprint density at radius 3 is 2.78 bits per heavy atom. The topological polar surface area (TPSA) is 51.5 Å². The van der Waals surface area contributed by atoms with Crippen LogP contribution in [0.2, 0.25) is 5.02 Å². The number of furan rings is 1. The fourth-order valence-corrected chi connectivity index (χ4v) is 3.54. The molecule has 2 aromatic carbocycles. The summed E-state index contributed by atoms with van der Waals surface area (Å²) >= 11 is 7.46. The first-order valence-corrected chi connectivity index (χ1v) is 10.1. The zero-order chi connectivity index (χ0) is 19.6. The van der Waals surface area contributed by atoms with Crippen molar-refractivity contribution >= 4 is 51.2 Å². The Morgan fingerprint density at radius 2 is 2.07 bits per heavy atom. The van der Waals surface area contributed by atoms with Crippen LogP contribution in [0.1, 0.15) is 20.8 Å². The number of ether oxygens (including phenoxy) is 1. The summed E-state index contributed by atoms with van der Waals surface area (Å²) in [4.78, 5) is 12.7. The molecule has 3 aromatic rings. The largest absolute Gasteiger partial charge is 0.469 e. The van der Waals surface area contributed by atoms with Crippen molar-refractivity contribution in [2.24, 2.45) is 0 Å². The molecule has 3 rings (SSSR count). The highest BCUT2D eigenvalue weighted by Gasteiger charge is 2.26. The standard InChI is InChI=1S/C21H20ClNO3S/c1-5-11-21(2,3)23-19(24)20(27-4)26-17-8-6-7-16-18(17)14-12-13(22)9-10-15(14)25-16/h6-10,12,20H,1-4H3,(H,23,24). The summed E-state index contributed by atoms with van der Waals surface area (Å²) in [7, 11) is 0. The second kappa shape index (κ2) is 7.75. The van der Waals surface area contributed by atoms with Crippen molar-refractivity contribution in [1.29, 1.82) is 0 Å². The van der Waals surface area contributed by atoms with Gasteiger partial charge in [-0.05, 0) is 57.4 Å². The van der Waals surface area contributed by atoms with Gasteiger partial charge in [0.1, 0.15) is 16.9 Å². The number of hydrogen-bond donors (Lipinski definition) is 1. The molecule has 0 bridgehead atoms. The van der Waals surface area contributed by atoms with Crippen molar-refractivity contribution in [2.75, 3.05) is 6.26 Å². The number of carbonyl (C=O) groups is 1. The van der Waals surface area contributed by atoms with E-state index in [4.69, 9.17) is 20.8 Å². The first-order valence-electron chi connectivity index (χ1n) is 8.41. The number of benzene rings is 2. The van der Waals surface area contributed by atoms with Crippen molar-refractivity contribution < 1.29 is 13.9 Å². The zero-order valence-electron chi connectivity index (χ0n) is 15.6. The van der Waals surface area contributed by atoms with Gasteiger partial charge in [0.05, 0.1) is 10.9 Å². The molecular formula is C21H20ClNO3S. The lowest BCUT2D eigenvalue weighted by Crippen LogP contribution is -2.47. The van der Waals surface area contributed by atoms with Gasteiger partial charge in [-0.1, -0.05) is 23.6 Å². The van der Waals surface area contributed by atoms with Gasteiger partial charge in [-0.2, -0.15) is 0 Å². The third-order valence-electron chi connectivity index (χ3n) is 3.95. The minimum Gasteiger partial charge on any atom is -0.469 e. The van der Waals surface area contributed by atoms with Crippen LogP contribution in [0.5, 0.6) is 5.75 Å². The molecule has 1 amide bonds. The predicted octanol–water partition coefficient (Wildman–Crippen LogP) is 5.23. The Morgan fingerprint density at radius 1 is 1.30 bits per heavy atom. The van der Waals surface area contributed by atoms with Gasteiger partial charge in [-0.3, -0.25) is 4.79 Å². The fraction of sp³-hybridized carbons (Fsp3) is 0.286. The summed E-state index contributed by atoms with van der Waals surface area (Å²) in [5.74, 6) is 6.14. The van der Waals surface area contributed by atoms with Crippen LogP contribution < -0.4 is 10.1 Å². The maximum atomic E-state index is 12.7. The molecule has 4 nitrogen and oxygen atoms in total. The molecule has 27 heavy (non-hydrogen) atoms. The molecule has 0 aliphatic rings. The summed E-state index contributed by atoms with van der Waals surface area (Å²) in [6, 6.07) is 11.0. The van der Waals surface area contributed by atoms with Crippen molar-refractivity contribution in [3.8, 4) is 17.6 Å². The molecule has 1 atom stereocenters. The molecule has 140 valence electrons. The normalized spacial score (nSPS) is 12.5. The van der Waals surface area contributed by atoms with E-state index in [2.05, 4.69) is 17.2 Å². The highest BCUT2D eigenvalue weighted by Crippen LogP contribution is 2.37. The second-order valence-corrected chi connectivity index (χ2v) is 7.88. The van der Waals surface area contributed by atoms with Crippen LogP contribution in [0, 0.1) is 11.8 Å². The van der Waals surface area contributed by atoms with E-state index in [0.29, 0.717) is 16.4 Å². The van der Waals surface area contributed by atoms with Crippen molar-refractivity contribution in [1.82, 2.24) is 5.32 Å². The molecule has 0 saturated carbocycles. The van der Waals surface area contributed by atoms with Crippen LogP contribution in [0.25, 0.3) is 21.9 Å². The van der Waals surface area contributed by atoms with Crippen LogP contribution in [0.4, 0.5) is 0 Å². The lowest BCUT2D eigenvalue weighted by atomic mass is 10.1. The number of nitrogens with one attached hydrogen (secondary N) is 1. The smallest absolute Gasteiger partial charge is 0.272 e. The highest BCUT2D eigenvalue weighted by molar-refractivity contribution is 7.99. The quantitative estimate of drug-likeness (QED) is 0.470. The van der Waals surface area contributed by atoms with Gasteiger partial charge in [-0.25, -0.2) is 0 Å². The number of hydrogen-bond acceptors (Lipinski definition) is 4. The van der Waals surface area contributed by atoms with E-state index >= 15 is 0 Å². The van der Waals surface area contributed by atoms with E-state index in [9.17, 15) is 4.79 Å². The van der Waals surface area contributed by atoms with Gasteiger partial charge in [-0.15, -0.1) is 17.7 Å². The lowest BCUT2D eigenvalue weighted by molar-refractivity contribution is -0.125. The molecule has 0 aliphatic heterocycles. The van der Waals surface area contributed by atoms with Gasteiger partial charge in [0, 0.05) is 10.4 Å². The maximum Gasteiger partial charge on any atom is 0.272 e. The maximum absolute atomic E-state index is 12.7. The van der Waals surface area contributed by atoms with Gasteiger partial charge < -0.3 is 14.5 Å². The number of rotatable bonds is 5. The van der Waals surface area contributed by atoms with Gasteiger partial charge in [0.2, 0.25) is 5.44 Å². The minimum absolute atomic E-state index is 0.238. The Bertz CT molecular complexity index is 1060. The average molecular weight is 402 g/mol. The van der Waals surface area contributed by atoms with Crippen LogP contribution in [0.3, 0.4) is 0 Å². The number of carbonyl (C=O) groups excluding carboxylic acids is 1. The van der Waals surface area contributed by atoms with E-state index in [1.54, 1.807) is 13.0 Å². The van der Waals surface area contributed by atoms with Gasteiger partial charge >= 0.3 is 0 Å². The molecule has 0 saturated heterocycles. The molecular weight excluding hydrogens is 382 g/mol. The number of thioether (sulfide) groups is 1. The minimum atomic E-state index is -0.724. The molecule has 1 aromatic heterocycles. The zero-order valence-corrected chi connectivity index (χ0v) is 17.1. The Labute approximate surface area is 167 Å². The van der Waals surface area contributed by atoms with E-state index in [-0.39, 0.29) is 5.91 Å². The molecule has 1 unspecified atom stereocenters. The molecule has 1 N–H and O–H groups in total. The van der Waals surface area contributed by atoms with Crippen LogP contribution in [-0.4, -0.2) is 23.1 Å². The molecule has 1 heterocycles. The fourth-order valence-electron chi connectivity index (χ4n) is 2.90. The van der Waals surface area contributed by atoms with Crippen molar-refractivity contribution in [3.63, 3.8) is 0 Å². The van der Waals surface area contributed by atoms with Crippen molar-refractivity contribution in [3.05, 3.63) is 41.4 Å². The Hall–Kier alpha value is -2.29. The monoisotopic (exact) mass is 401 g/mol. The lowest BCUT2D eigenvalue weighted by Gasteiger charge is -2.24. The average Bonchev–Trinajstić information content (AvgIpc) is 2.97. The molecule has 0 radical (unpaired) electrons. The van der Waals surface area contributed by atoms with Gasteiger partial charge in [0.15, 0.2) is 0 Å². The Balaban J connectivity index is 1.96. The molecule has 0 aliphatic carbocycles. The summed E-state index contributed by atoms with van der Waals surface area (Å²) in [6.07, 6.45) is 1.83. The molecule has 0 spiro atoms. The van der Waals surface area contributed by atoms with Crippen molar-refractivity contribution in [2.45, 2.75) is 31.7 Å².